The van der Waals surface area contributed by atoms with E-state index in [1.54, 1.807) is 6.20 Å². The van der Waals surface area contributed by atoms with E-state index in [4.69, 9.17) is 4.74 Å². The number of fused-ring (bicyclic) bond motifs is 1. The highest BCUT2D eigenvalue weighted by Crippen LogP contribution is 2.33. The van der Waals surface area contributed by atoms with E-state index >= 15 is 0 Å². The number of ether oxygens (including phenoxy) is 1. The highest BCUT2D eigenvalue weighted by Gasteiger charge is 2.15. The smallest absolute Gasteiger partial charge is 0.262 e. The summed E-state index contributed by atoms with van der Waals surface area (Å²) in [5.74, 6) is 1.21. The van der Waals surface area contributed by atoms with Crippen molar-refractivity contribution in [1.82, 2.24) is 4.98 Å². The summed E-state index contributed by atoms with van der Waals surface area (Å²) < 4.78 is 5.66. The summed E-state index contributed by atoms with van der Waals surface area (Å²) in [6, 6.07) is 17.8. The van der Waals surface area contributed by atoms with Crippen molar-refractivity contribution in [2.75, 3.05) is 11.9 Å². The molecule has 0 aliphatic heterocycles. The first-order valence-electron chi connectivity index (χ1n) is 9.66. The summed E-state index contributed by atoms with van der Waals surface area (Å²) in [4.78, 5) is 16.6. The molecule has 4 nitrogen and oxygen atoms in total. The van der Waals surface area contributed by atoms with Gasteiger partial charge in [-0.25, -0.2) is 0 Å². The summed E-state index contributed by atoms with van der Waals surface area (Å²) in [5.41, 5.74) is 2.87. The number of para-hydroxylation sites is 1. The fourth-order valence-corrected chi connectivity index (χ4v) is 3.81. The third kappa shape index (κ3) is 4.27. The minimum atomic E-state index is -0.190. The number of rotatable bonds is 5. The number of aromatic nitrogens is 1. The van der Waals surface area contributed by atoms with Gasteiger partial charge >= 0.3 is 0 Å². The molecule has 1 amide bonds. The van der Waals surface area contributed by atoms with Crippen LogP contribution in [0, 0.1) is 0 Å². The Kier molecular flexibility index (Phi) is 5.33. The Morgan fingerprint density at radius 1 is 1.00 bits per heavy atom. The summed E-state index contributed by atoms with van der Waals surface area (Å²) in [7, 11) is 0. The number of carbonyl (C=O) groups excluding carboxylic acids is 1. The SMILES string of the molecule is O=C(COc1ccc(C2CCCCC2)cc1)Nc1cccc2cccnc12. The van der Waals surface area contributed by atoms with Gasteiger partial charge in [-0.15, -0.1) is 0 Å². The molecular weight excluding hydrogens is 336 g/mol. The number of nitrogens with one attached hydrogen (secondary N) is 1. The lowest BCUT2D eigenvalue weighted by Crippen LogP contribution is -2.20. The Hall–Kier alpha value is -2.88. The van der Waals surface area contributed by atoms with E-state index in [0.717, 1.165) is 16.7 Å². The maximum absolute atomic E-state index is 12.3. The topological polar surface area (TPSA) is 51.2 Å². The zero-order valence-electron chi connectivity index (χ0n) is 15.4. The van der Waals surface area contributed by atoms with Crippen LogP contribution in [0.4, 0.5) is 5.69 Å². The van der Waals surface area contributed by atoms with Crippen LogP contribution in [0.2, 0.25) is 0 Å². The van der Waals surface area contributed by atoms with Crippen LogP contribution in [0.1, 0.15) is 43.6 Å². The Bertz CT molecular complexity index is 910. The second kappa shape index (κ2) is 8.21. The van der Waals surface area contributed by atoms with Crippen molar-refractivity contribution in [2.24, 2.45) is 0 Å². The third-order valence-electron chi connectivity index (χ3n) is 5.23. The van der Waals surface area contributed by atoms with E-state index in [2.05, 4.69) is 22.4 Å². The maximum atomic E-state index is 12.3. The average molecular weight is 360 g/mol. The molecule has 0 atom stereocenters. The first-order chi connectivity index (χ1) is 13.3. The fourth-order valence-electron chi connectivity index (χ4n) is 3.81. The summed E-state index contributed by atoms with van der Waals surface area (Å²) in [5, 5.41) is 3.89. The van der Waals surface area contributed by atoms with E-state index in [1.807, 2.05) is 42.5 Å². The molecule has 2 aromatic carbocycles. The van der Waals surface area contributed by atoms with Crippen LogP contribution in [-0.2, 0) is 4.79 Å². The number of hydrogen-bond donors (Lipinski definition) is 1. The molecule has 0 bridgehead atoms. The van der Waals surface area contributed by atoms with Gasteiger partial charge in [-0.1, -0.05) is 49.6 Å². The molecule has 0 saturated heterocycles. The monoisotopic (exact) mass is 360 g/mol. The molecule has 0 unspecified atom stereocenters. The molecule has 1 aromatic heterocycles. The maximum Gasteiger partial charge on any atom is 0.262 e. The van der Waals surface area contributed by atoms with Crippen LogP contribution >= 0.6 is 0 Å². The fraction of sp³-hybridized carbons (Fsp3) is 0.304. The van der Waals surface area contributed by atoms with Crippen LogP contribution in [0.5, 0.6) is 5.75 Å². The molecule has 4 rings (SSSR count). The standard InChI is InChI=1S/C23H24N2O2/c26-22(25-21-10-4-8-19-9-5-15-24-23(19)21)16-27-20-13-11-18(12-14-20)17-6-2-1-3-7-17/h4-5,8-15,17H,1-3,6-7,16H2,(H,25,26). The number of hydrogen-bond acceptors (Lipinski definition) is 3. The van der Waals surface area contributed by atoms with Crippen molar-refractivity contribution in [3.63, 3.8) is 0 Å². The zero-order valence-corrected chi connectivity index (χ0v) is 15.4. The van der Waals surface area contributed by atoms with Crippen molar-refractivity contribution < 1.29 is 9.53 Å². The second-order valence-electron chi connectivity index (χ2n) is 7.12. The largest absolute Gasteiger partial charge is 0.484 e. The lowest BCUT2D eigenvalue weighted by atomic mass is 9.84. The number of carbonyl (C=O) groups is 1. The van der Waals surface area contributed by atoms with Crippen molar-refractivity contribution in [3.05, 3.63) is 66.4 Å². The molecule has 0 radical (unpaired) electrons. The van der Waals surface area contributed by atoms with Crippen molar-refractivity contribution in [1.29, 1.82) is 0 Å². The minimum absolute atomic E-state index is 0.0218. The number of nitrogens with zero attached hydrogens (tertiary/aromatic N) is 1. The number of amides is 1. The van der Waals surface area contributed by atoms with Gasteiger partial charge in [0, 0.05) is 11.6 Å². The van der Waals surface area contributed by atoms with Crippen LogP contribution in [-0.4, -0.2) is 17.5 Å². The normalized spacial score (nSPS) is 14.8. The molecule has 1 saturated carbocycles. The van der Waals surface area contributed by atoms with Gasteiger partial charge in [0.1, 0.15) is 5.75 Å². The molecule has 27 heavy (non-hydrogen) atoms. The van der Waals surface area contributed by atoms with Gasteiger partial charge < -0.3 is 10.1 Å². The molecule has 1 fully saturated rings. The predicted molar refractivity (Wildman–Crippen MR) is 108 cm³/mol. The van der Waals surface area contributed by atoms with E-state index in [-0.39, 0.29) is 12.5 Å². The van der Waals surface area contributed by atoms with Crippen molar-refractivity contribution in [2.45, 2.75) is 38.0 Å². The van der Waals surface area contributed by atoms with Crippen LogP contribution in [0.15, 0.2) is 60.8 Å². The number of benzene rings is 2. The molecular formula is C23H24N2O2. The van der Waals surface area contributed by atoms with Crippen LogP contribution in [0.25, 0.3) is 10.9 Å². The van der Waals surface area contributed by atoms with E-state index in [1.165, 1.54) is 37.7 Å². The van der Waals surface area contributed by atoms with Gasteiger partial charge in [0.15, 0.2) is 6.61 Å². The summed E-state index contributed by atoms with van der Waals surface area (Å²) >= 11 is 0. The van der Waals surface area contributed by atoms with Gasteiger partial charge in [0.25, 0.3) is 5.91 Å². The Morgan fingerprint density at radius 3 is 2.59 bits per heavy atom. The van der Waals surface area contributed by atoms with Gasteiger partial charge in [0.2, 0.25) is 0 Å². The van der Waals surface area contributed by atoms with E-state index in [9.17, 15) is 4.79 Å². The third-order valence-corrected chi connectivity index (χ3v) is 5.23. The first kappa shape index (κ1) is 17.5. The van der Waals surface area contributed by atoms with Gasteiger partial charge in [-0.05, 0) is 48.6 Å². The van der Waals surface area contributed by atoms with Gasteiger partial charge in [-0.2, -0.15) is 0 Å². The number of anilines is 1. The molecule has 1 aliphatic rings. The number of pyridine rings is 1. The molecule has 1 aliphatic carbocycles. The first-order valence-corrected chi connectivity index (χ1v) is 9.66. The van der Waals surface area contributed by atoms with Crippen molar-refractivity contribution in [3.8, 4) is 5.75 Å². The molecule has 4 heteroatoms. The lowest BCUT2D eigenvalue weighted by molar-refractivity contribution is -0.118. The molecule has 138 valence electrons. The van der Waals surface area contributed by atoms with Crippen LogP contribution in [0.3, 0.4) is 0 Å². The minimum Gasteiger partial charge on any atom is -0.484 e. The second-order valence-corrected chi connectivity index (χ2v) is 7.12. The highest BCUT2D eigenvalue weighted by atomic mass is 16.5. The summed E-state index contributed by atoms with van der Waals surface area (Å²) in [6.07, 6.45) is 8.29. The van der Waals surface area contributed by atoms with Gasteiger partial charge in [0.05, 0.1) is 11.2 Å². The highest BCUT2D eigenvalue weighted by molar-refractivity contribution is 6.00. The predicted octanol–water partition coefficient (Wildman–Crippen LogP) is 5.30. The van der Waals surface area contributed by atoms with E-state index in [0.29, 0.717) is 11.6 Å². The average Bonchev–Trinajstić information content (AvgIpc) is 2.74. The van der Waals surface area contributed by atoms with Crippen LogP contribution < -0.4 is 10.1 Å². The lowest BCUT2D eigenvalue weighted by Gasteiger charge is -2.22. The molecule has 1 N–H and O–H groups in total. The van der Waals surface area contributed by atoms with E-state index < -0.39 is 0 Å². The quantitative estimate of drug-likeness (QED) is 0.672. The molecule has 3 aromatic rings. The molecule has 1 heterocycles. The zero-order chi connectivity index (χ0) is 18.5. The Balaban J connectivity index is 1.35. The Labute approximate surface area is 159 Å². The van der Waals surface area contributed by atoms with Crippen molar-refractivity contribution >= 4 is 22.5 Å². The Morgan fingerprint density at radius 2 is 1.78 bits per heavy atom. The van der Waals surface area contributed by atoms with Gasteiger partial charge in [-0.3, -0.25) is 9.78 Å². The molecule has 0 spiro atoms. The summed E-state index contributed by atoms with van der Waals surface area (Å²) in [6.45, 7) is -0.0218.